The third kappa shape index (κ3) is 2.96. The molecule has 1 heterocycles. The Kier molecular flexibility index (Phi) is 4.03. The van der Waals surface area contributed by atoms with Gasteiger partial charge in [-0.2, -0.15) is 0 Å². The molecule has 2 rings (SSSR count). The van der Waals surface area contributed by atoms with Crippen LogP contribution >= 0.6 is 0 Å². The summed E-state index contributed by atoms with van der Waals surface area (Å²) in [6.45, 7) is 8.31. The Bertz CT molecular complexity index is 596. The number of nitrogens with zero attached hydrogens (tertiary/aromatic N) is 1. The fraction of sp³-hybridized carbons (Fsp3) is 0.333. The van der Waals surface area contributed by atoms with Crippen LogP contribution in [-0.4, -0.2) is 10.8 Å². The van der Waals surface area contributed by atoms with Gasteiger partial charge < -0.3 is 0 Å². The zero-order valence-corrected chi connectivity index (χ0v) is 12.6. The largest absolute Gasteiger partial charge is 0.293 e. The number of ketones is 1. The van der Waals surface area contributed by atoms with E-state index in [1.165, 1.54) is 0 Å². The molecule has 0 N–H and O–H groups in total. The van der Waals surface area contributed by atoms with E-state index in [-0.39, 0.29) is 17.1 Å². The maximum atomic E-state index is 12.8. The van der Waals surface area contributed by atoms with Crippen LogP contribution in [0.15, 0.2) is 48.7 Å². The molecule has 20 heavy (non-hydrogen) atoms. The topological polar surface area (TPSA) is 30.0 Å². The fourth-order valence-corrected chi connectivity index (χ4v) is 2.35. The molecule has 0 aliphatic rings. The molecule has 2 nitrogen and oxygen atoms in total. The van der Waals surface area contributed by atoms with Crippen molar-refractivity contribution < 1.29 is 4.79 Å². The maximum absolute atomic E-state index is 12.8. The van der Waals surface area contributed by atoms with Crippen molar-refractivity contribution in [1.82, 2.24) is 4.98 Å². The van der Waals surface area contributed by atoms with Crippen LogP contribution in [0, 0.1) is 0 Å². The van der Waals surface area contributed by atoms with Gasteiger partial charge in [0.25, 0.3) is 0 Å². The van der Waals surface area contributed by atoms with E-state index in [0.29, 0.717) is 0 Å². The van der Waals surface area contributed by atoms with Crippen LogP contribution in [0.2, 0.25) is 0 Å². The zero-order chi connectivity index (χ0) is 14.8. The summed E-state index contributed by atoms with van der Waals surface area (Å²) in [6.07, 6.45) is 1.73. The minimum Gasteiger partial charge on any atom is -0.293 e. The van der Waals surface area contributed by atoms with Gasteiger partial charge in [0, 0.05) is 11.8 Å². The van der Waals surface area contributed by atoms with Gasteiger partial charge in [-0.3, -0.25) is 9.78 Å². The van der Waals surface area contributed by atoms with Crippen molar-refractivity contribution in [3.05, 3.63) is 65.5 Å². The van der Waals surface area contributed by atoms with Crippen LogP contribution in [0.5, 0.6) is 0 Å². The molecule has 1 aromatic heterocycles. The molecule has 0 radical (unpaired) electrons. The van der Waals surface area contributed by atoms with Crippen molar-refractivity contribution >= 4 is 5.78 Å². The second-order valence-corrected chi connectivity index (χ2v) is 6.14. The van der Waals surface area contributed by atoms with Gasteiger partial charge in [-0.25, -0.2) is 0 Å². The smallest absolute Gasteiger partial charge is 0.171 e. The molecule has 0 amide bonds. The summed E-state index contributed by atoms with van der Waals surface area (Å²) in [5.41, 5.74) is 2.67. The molecule has 104 valence electrons. The lowest BCUT2D eigenvalue weighted by Gasteiger charge is -2.23. The number of hydrogen-bond acceptors (Lipinski definition) is 2. The number of Topliss-reactive ketones (excluding diaryl/α,β-unsaturated/α-hetero) is 1. The van der Waals surface area contributed by atoms with E-state index in [0.717, 1.165) is 16.8 Å². The molecule has 0 saturated heterocycles. The highest BCUT2D eigenvalue weighted by atomic mass is 16.1. The molecule has 2 heteroatoms. The molecule has 2 aromatic rings. The van der Waals surface area contributed by atoms with Gasteiger partial charge in [-0.05, 0) is 30.0 Å². The summed E-state index contributed by atoms with van der Waals surface area (Å²) in [4.78, 5) is 17.1. The molecule has 1 aromatic carbocycles. The Morgan fingerprint density at radius 3 is 2.30 bits per heavy atom. The van der Waals surface area contributed by atoms with Crippen molar-refractivity contribution in [3.63, 3.8) is 0 Å². The first-order valence-corrected chi connectivity index (χ1v) is 6.96. The van der Waals surface area contributed by atoms with Gasteiger partial charge in [0.15, 0.2) is 5.78 Å². The number of carbonyl (C=O) groups is 1. The van der Waals surface area contributed by atoms with Crippen LogP contribution in [0.25, 0.3) is 0 Å². The van der Waals surface area contributed by atoms with E-state index in [1.807, 2.05) is 49.4 Å². The number of carbonyl (C=O) groups excluding carboxylic acids is 1. The van der Waals surface area contributed by atoms with Crippen LogP contribution in [0.4, 0.5) is 0 Å². The molecule has 1 unspecified atom stereocenters. The van der Waals surface area contributed by atoms with Gasteiger partial charge in [0.1, 0.15) is 0 Å². The standard InChI is InChI=1S/C18H21NO/c1-13(16-11-7-8-12-19-16)17(20)14-9-5-6-10-15(14)18(2,3)4/h5-13H,1-4H3. The Morgan fingerprint density at radius 1 is 1.05 bits per heavy atom. The van der Waals surface area contributed by atoms with E-state index >= 15 is 0 Å². The normalized spacial score (nSPS) is 13.0. The summed E-state index contributed by atoms with van der Waals surface area (Å²) in [7, 11) is 0. The minimum atomic E-state index is -0.223. The van der Waals surface area contributed by atoms with E-state index < -0.39 is 0 Å². The number of aromatic nitrogens is 1. The second kappa shape index (κ2) is 5.58. The number of benzene rings is 1. The van der Waals surface area contributed by atoms with Crippen LogP contribution in [-0.2, 0) is 5.41 Å². The van der Waals surface area contributed by atoms with Gasteiger partial charge in [0.05, 0.1) is 11.6 Å². The number of pyridine rings is 1. The average molecular weight is 267 g/mol. The number of hydrogen-bond donors (Lipinski definition) is 0. The molecule has 0 aliphatic carbocycles. The molecule has 0 saturated carbocycles. The molecule has 1 atom stereocenters. The highest BCUT2D eigenvalue weighted by Crippen LogP contribution is 2.29. The Balaban J connectivity index is 2.40. The Labute approximate surface area is 120 Å². The van der Waals surface area contributed by atoms with Crippen molar-refractivity contribution in [1.29, 1.82) is 0 Å². The van der Waals surface area contributed by atoms with Crippen molar-refractivity contribution in [3.8, 4) is 0 Å². The third-order valence-corrected chi connectivity index (χ3v) is 3.53. The van der Waals surface area contributed by atoms with E-state index in [2.05, 4.69) is 25.8 Å². The van der Waals surface area contributed by atoms with E-state index in [4.69, 9.17) is 0 Å². The summed E-state index contributed by atoms with van der Waals surface area (Å²) < 4.78 is 0. The molecular weight excluding hydrogens is 246 g/mol. The van der Waals surface area contributed by atoms with Crippen molar-refractivity contribution in [2.45, 2.75) is 39.0 Å². The average Bonchev–Trinajstić information content (AvgIpc) is 2.46. The SMILES string of the molecule is CC(C(=O)c1ccccc1C(C)(C)C)c1ccccn1. The molecule has 0 spiro atoms. The van der Waals surface area contributed by atoms with Crippen molar-refractivity contribution in [2.24, 2.45) is 0 Å². The lowest BCUT2D eigenvalue weighted by Crippen LogP contribution is -2.20. The molecular formula is C18H21NO. The first kappa shape index (κ1) is 14.4. The number of rotatable bonds is 3. The maximum Gasteiger partial charge on any atom is 0.171 e. The van der Waals surface area contributed by atoms with Gasteiger partial charge in [-0.15, -0.1) is 0 Å². The van der Waals surface area contributed by atoms with E-state index in [1.54, 1.807) is 6.20 Å². The highest BCUT2D eigenvalue weighted by Gasteiger charge is 2.25. The fourth-order valence-electron chi connectivity index (χ4n) is 2.35. The second-order valence-electron chi connectivity index (χ2n) is 6.14. The van der Waals surface area contributed by atoms with Crippen LogP contribution in [0.1, 0.15) is 55.2 Å². The van der Waals surface area contributed by atoms with Gasteiger partial charge >= 0.3 is 0 Å². The quantitative estimate of drug-likeness (QED) is 0.773. The summed E-state index contributed by atoms with van der Waals surface area (Å²) in [5, 5.41) is 0. The summed E-state index contributed by atoms with van der Waals surface area (Å²) >= 11 is 0. The monoisotopic (exact) mass is 267 g/mol. The van der Waals surface area contributed by atoms with Crippen LogP contribution < -0.4 is 0 Å². The highest BCUT2D eigenvalue weighted by molar-refractivity contribution is 6.02. The molecule has 0 aliphatic heterocycles. The molecule has 0 bridgehead atoms. The predicted octanol–water partition coefficient (Wildman–Crippen LogP) is 4.37. The van der Waals surface area contributed by atoms with Crippen molar-refractivity contribution in [2.75, 3.05) is 0 Å². The van der Waals surface area contributed by atoms with Gasteiger partial charge in [0.2, 0.25) is 0 Å². The Hall–Kier alpha value is -1.96. The lowest BCUT2D eigenvalue weighted by molar-refractivity contribution is 0.0962. The Morgan fingerprint density at radius 2 is 1.70 bits per heavy atom. The van der Waals surface area contributed by atoms with Gasteiger partial charge in [-0.1, -0.05) is 51.1 Å². The summed E-state index contributed by atoms with van der Waals surface area (Å²) in [6, 6.07) is 13.6. The first-order valence-electron chi connectivity index (χ1n) is 6.96. The first-order chi connectivity index (χ1) is 9.41. The van der Waals surface area contributed by atoms with E-state index in [9.17, 15) is 4.79 Å². The zero-order valence-electron chi connectivity index (χ0n) is 12.6. The lowest BCUT2D eigenvalue weighted by atomic mass is 9.80. The minimum absolute atomic E-state index is 0.0455. The third-order valence-electron chi connectivity index (χ3n) is 3.53. The predicted molar refractivity (Wildman–Crippen MR) is 82.1 cm³/mol. The van der Waals surface area contributed by atoms with Crippen LogP contribution in [0.3, 0.4) is 0 Å². The molecule has 0 fully saturated rings. The summed E-state index contributed by atoms with van der Waals surface area (Å²) in [5.74, 6) is -0.0890.